The van der Waals surface area contributed by atoms with E-state index in [-0.39, 0.29) is 17.7 Å². The fraction of sp³-hybridized carbons (Fsp3) is 0.462. The van der Waals surface area contributed by atoms with E-state index in [1.807, 2.05) is 19.1 Å². The van der Waals surface area contributed by atoms with Gasteiger partial charge in [-0.15, -0.1) is 0 Å². The highest BCUT2D eigenvalue weighted by Gasteiger charge is 2.37. The molecule has 4 nitrogen and oxygen atoms in total. The van der Waals surface area contributed by atoms with Gasteiger partial charge in [-0.1, -0.05) is 22.1 Å². The highest BCUT2D eigenvalue weighted by molar-refractivity contribution is 7.91. The molecule has 9 heteroatoms. The molecule has 0 spiro atoms. The van der Waals surface area contributed by atoms with E-state index in [1.54, 1.807) is 41.5 Å². The first-order valence-electron chi connectivity index (χ1n) is 11.2. The summed E-state index contributed by atoms with van der Waals surface area (Å²) in [5.41, 5.74) is 1.32. The van der Waals surface area contributed by atoms with Gasteiger partial charge >= 0.3 is 12.1 Å². The lowest BCUT2D eigenvalue weighted by atomic mass is 9.87. The second-order valence-corrected chi connectivity index (χ2v) is 11.4. The molecular formula is C26H31F4NO3S. The maximum Gasteiger partial charge on any atom is 0.419 e. The smallest absolute Gasteiger partial charge is 0.419 e. The Morgan fingerprint density at radius 3 is 2.17 bits per heavy atom. The summed E-state index contributed by atoms with van der Waals surface area (Å²) in [7, 11) is 0. The average Bonchev–Trinajstić information content (AvgIpc) is 2.69. The van der Waals surface area contributed by atoms with Crippen molar-refractivity contribution in [2.75, 3.05) is 6.61 Å². The van der Waals surface area contributed by atoms with Crippen molar-refractivity contribution in [3.8, 4) is 11.1 Å². The van der Waals surface area contributed by atoms with Gasteiger partial charge in [0, 0.05) is 5.92 Å². The maximum absolute atomic E-state index is 15.4. The molecule has 35 heavy (non-hydrogen) atoms. The molecule has 0 fully saturated rings. The Hall–Kier alpha value is -2.39. The van der Waals surface area contributed by atoms with Gasteiger partial charge in [-0.2, -0.15) is 13.2 Å². The summed E-state index contributed by atoms with van der Waals surface area (Å²) >= 11 is -1.76. The third kappa shape index (κ3) is 7.30. The van der Waals surface area contributed by atoms with Crippen LogP contribution in [0, 0.1) is 26.6 Å². The van der Waals surface area contributed by atoms with Gasteiger partial charge in [0.1, 0.15) is 21.9 Å². The first kappa shape index (κ1) is 28.8. The standard InChI is InChI=1S/C26H31F4NO3S/c1-8-34-22(32)13-19(14-31-35(33)25(5,6)7)20-11-18(12-21(24(20)27)26(28,29)30)23-16(3)9-15(2)10-17(23)4/h9-12,14,19H,8,13H2,1-7H3/b31-14-/t19?,35-/m1/s1. The third-order valence-electron chi connectivity index (χ3n) is 5.32. The zero-order valence-corrected chi connectivity index (χ0v) is 21.8. The summed E-state index contributed by atoms with van der Waals surface area (Å²) in [4.78, 5) is 12.3. The van der Waals surface area contributed by atoms with E-state index in [9.17, 15) is 22.5 Å². The molecule has 2 rings (SSSR count). The lowest BCUT2D eigenvalue weighted by Crippen LogP contribution is -2.26. The Labute approximate surface area is 207 Å². The summed E-state index contributed by atoms with van der Waals surface area (Å²) in [5.74, 6) is -3.44. The summed E-state index contributed by atoms with van der Waals surface area (Å²) in [6.07, 6.45) is -4.33. The molecule has 2 atom stereocenters. The largest absolute Gasteiger partial charge is 0.591 e. The lowest BCUT2D eigenvalue weighted by Gasteiger charge is -2.21. The van der Waals surface area contributed by atoms with Crippen LogP contribution in [0.4, 0.5) is 17.6 Å². The van der Waals surface area contributed by atoms with Gasteiger partial charge in [0.25, 0.3) is 0 Å². The number of rotatable bonds is 7. The minimum Gasteiger partial charge on any atom is -0.591 e. The molecular weight excluding hydrogens is 482 g/mol. The number of nitrogens with zero attached hydrogens (tertiary/aromatic N) is 1. The van der Waals surface area contributed by atoms with E-state index in [0.717, 1.165) is 29.0 Å². The van der Waals surface area contributed by atoms with Gasteiger partial charge in [0.2, 0.25) is 0 Å². The number of carbonyl (C=O) groups excluding carboxylic acids is 1. The van der Waals surface area contributed by atoms with Crippen LogP contribution in [-0.4, -0.2) is 28.1 Å². The van der Waals surface area contributed by atoms with Gasteiger partial charge in [0.05, 0.1) is 24.8 Å². The topological polar surface area (TPSA) is 61.7 Å². The summed E-state index contributed by atoms with van der Waals surface area (Å²) in [6, 6.07) is 5.77. The highest BCUT2D eigenvalue weighted by Crippen LogP contribution is 2.40. The van der Waals surface area contributed by atoms with Crippen LogP contribution in [0.15, 0.2) is 28.7 Å². The molecule has 1 unspecified atom stereocenters. The Morgan fingerprint density at radius 1 is 1.11 bits per heavy atom. The predicted octanol–water partition coefficient (Wildman–Crippen LogP) is 7.01. The van der Waals surface area contributed by atoms with Crippen LogP contribution in [0.1, 0.15) is 67.9 Å². The number of ether oxygens (including phenoxy) is 1. The van der Waals surface area contributed by atoms with Gasteiger partial charge in [-0.3, -0.25) is 4.79 Å². The Morgan fingerprint density at radius 2 is 1.69 bits per heavy atom. The summed E-state index contributed by atoms with van der Waals surface area (Å²) in [5, 5.41) is 0. The quantitative estimate of drug-likeness (QED) is 0.173. The van der Waals surface area contributed by atoms with E-state index in [2.05, 4.69) is 4.40 Å². The zero-order chi connectivity index (χ0) is 26.7. The fourth-order valence-corrected chi connectivity index (χ4v) is 4.41. The maximum atomic E-state index is 15.4. The van der Waals surface area contributed by atoms with Gasteiger partial charge in [-0.25, -0.2) is 4.39 Å². The molecule has 0 aliphatic rings. The number of benzene rings is 2. The predicted molar refractivity (Wildman–Crippen MR) is 131 cm³/mol. The van der Waals surface area contributed by atoms with Crippen LogP contribution in [-0.2, 0) is 27.1 Å². The molecule has 0 saturated heterocycles. The monoisotopic (exact) mass is 513 g/mol. The van der Waals surface area contributed by atoms with Crippen molar-refractivity contribution in [2.45, 2.75) is 71.7 Å². The molecule has 0 N–H and O–H groups in total. The van der Waals surface area contributed by atoms with Crippen molar-refractivity contribution in [2.24, 2.45) is 4.40 Å². The van der Waals surface area contributed by atoms with Crippen LogP contribution in [0.2, 0.25) is 0 Å². The second kappa shape index (κ2) is 11.1. The van der Waals surface area contributed by atoms with Gasteiger partial charge < -0.3 is 9.29 Å². The van der Waals surface area contributed by atoms with E-state index >= 15 is 4.39 Å². The molecule has 0 aromatic heterocycles. The number of halogens is 4. The lowest BCUT2D eigenvalue weighted by molar-refractivity contribution is -0.143. The molecule has 0 bridgehead atoms. The molecule has 192 valence electrons. The first-order chi connectivity index (χ1) is 16.1. The Kier molecular flexibility index (Phi) is 9.16. The Bertz CT molecular complexity index is 1080. The van der Waals surface area contributed by atoms with E-state index in [0.29, 0.717) is 5.56 Å². The first-order valence-corrected chi connectivity index (χ1v) is 12.3. The fourth-order valence-electron chi connectivity index (χ4n) is 3.83. The van der Waals surface area contributed by atoms with Crippen LogP contribution in [0.25, 0.3) is 11.1 Å². The van der Waals surface area contributed by atoms with Crippen LogP contribution < -0.4 is 0 Å². The molecule has 2 aromatic rings. The summed E-state index contributed by atoms with van der Waals surface area (Å²) in [6.45, 7) is 12.1. The third-order valence-corrected chi connectivity index (χ3v) is 6.68. The number of carbonyl (C=O) groups is 1. The van der Waals surface area contributed by atoms with Crippen molar-refractivity contribution in [1.82, 2.24) is 0 Å². The van der Waals surface area contributed by atoms with Crippen molar-refractivity contribution in [1.29, 1.82) is 0 Å². The van der Waals surface area contributed by atoms with Gasteiger partial charge in [-0.05, 0) is 88.4 Å². The van der Waals surface area contributed by atoms with Crippen LogP contribution in [0.3, 0.4) is 0 Å². The number of esters is 1. The second-order valence-electron chi connectivity index (χ2n) is 9.43. The van der Waals surface area contributed by atoms with Gasteiger partial charge in [0.15, 0.2) is 0 Å². The van der Waals surface area contributed by atoms with Crippen molar-refractivity contribution in [3.63, 3.8) is 0 Å². The number of hydrogen-bond acceptors (Lipinski definition) is 4. The molecule has 0 heterocycles. The number of alkyl halides is 3. The summed E-state index contributed by atoms with van der Waals surface area (Å²) < 4.78 is 77.7. The zero-order valence-electron chi connectivity index (χ0n) is 21.0. The minimum atomic E-state index is -4.97. The highest BCUT2D eigenvalue weighted by atomic mass is 32.2. The average molecular weight is 514 g/mol. The molecule has 0 radical (unpaired) electrons. The van der Waals surface area contributed by atoms with E-state index in [4.69, 9.17) is 4.74 Å². The normalized spacial score (nSPS) is 14.3. The van der Waals surface area contributed by atoms with Crippen LogP contribution in [0.5, 0.6) is 0 Å². The molecule has 0 aliphatic carbocycles. The number of aryl methyl sites for hydroxylation is 3. The molecule has 2 aromatic carbocycles. The van der Waals surface area contributed by atoms with Crippen molar-refractivity contribution >= 4 is 23.5 Å². The molecule has 0 aliphatic heterocycles. The van der Waals surface area contributed by atoms with Crippen LogP contribution >= 0.6 is 0 Å². The van der Waals surface area contributed by atoms with E-state index < -0.39 is 52.0 Å². The van der Waals surface area contributed by atoms with Crippen molar-refractivity contribution in [3.05, 3.63) is 57.9 Å². The SMILES string of the molecule is CCOC(=O)CC(/C=N\[S@+]([O-])C(C)(C)C)c1cc(-c2c(C)cc(C)cc2C)cc(C(F)(F)F)c1F. The minimum absolute atomic E-state index is 0.0503. The van der Waals surface area contributed by atoms with E-state index in [1.165, 1.54) is 6.07 Å². The van der Waals surface area contributed by atoms with Crippen molar-refractivity contribution < 1.29 is 31.6 Å². The molecule has 0 saturated carbocycles. The number of hydrogen-bond donors (Lipinski definition) is 0. The molecule has 0 amide bonds. The Balaban J connectivity index is 2.80.